The molecular weight excluding hydrogens is 901 g/mol. The standard InChI is InChI=1S/C67H110O6/c1-4-7-10-13-16-19-22-25-27-29-31-32-33-34-36-37-39-42-45-48-51-54-57-60-66(69)72-63-64(62-71-65(68)59-56-53-50-47-44-41-24-21-18-15-12-9-6-3)73-67(70)61-58-55-52-49-46-43-40-38-35-30-28-26-23-20-17-14-11-8-5-2/h7-8,10-11,16-17,19-20,25-28,31-32,35,38,43,46,52,55,64H,4-6,9,12-15,18,21-24,29-30,33-34,36-37,39-42,44-45,47-51,53-54,56-63H2,1-3H3/b10-7-,11-8-,19-16-,20-17-,27-25-,28-26-,32-31-,38-35-,46-43-,55-52-. The van der Waals surface area contributed by atoms with Crippen LogP contribution in [0.3, 0.4) is 0 Å². The van der Waals surface area contributed by atoms with Gasteiger partial charge in [0.05, 0.1) is 0 Å². The van der Waals surface area contributed by atoms with Gasteiger partial charge in [-0.3, -0.25) is 14.4 Å². The van der Waals surface area contributed by atoms with E-state index in [2.05, 4.69) is 136 Å². The van der Waals surface area contributed by atoms with Gasteiger partial charge in [-0.1, -0.05) is 271 Å². The molecule has 0 rings (SSSR count). The van der Waals surface area contributed by atoms with Crippen molar-refractivity contribution in [1.82, 2.24) is 0 Å². The predicted octanol–water partition coefficient (Wildman–Crippen LogP) is 20.4. The van der Waals surface area contributed by atoms with Gasteiger partial charge in [0.1, 0.15) is 13.2 Å². The molecule has 0 saturated carbocycles. The number of esters is 3. The van der Waals surface area contributed by atoms with Gasteiger partial charge >= 0.3 is 17.9 Å². The van der Waals surface area contributed by atoms with Gasteiger partial charge in [-0.25, -0.2) is 0 Å². The lowest BCUT2D eigenvalue weighted by Gasteiger charge is -2.18. The predicted molar refractivity (Wildman–Crippen MR) is 316 cm³/mol. The molecule has 0 spiro atoms. The van der Waals surface area contributed by atoms with Crippen molar-refractivity contribution in [3.63, 3.8) is 0 Å². The average Bonchev–Trinajstić information content (AvgIpc) is 3.39. The maximum Gasteiger partial charge on any atom is 0.306 e. The molecule has 6 heteroatoms. The molecule has 0 radical (unpaired) electrons. The lowest BCUT2D eigenvalue weighted by atomic mass is 10.0. The molecule has 0 aromatic rings. The third kappa shape index (κ3) is 58.6. The highest BCUT2D eigenvalue weighted by Crippen LogP contribution is 2.15. The fraction of sp³-hybridized carbons (Fsp3) is 0.657. The van der Waals surface area contributed by atoms with E-state index in [-0.39, 0.29) is 31.6 Å². The van der Waals surface area contributed by atoms with Crippen LogP contribution in [-0.2, 0) is 28.6 Å². The average molecular weight is 1010 g/mol. The van der Waals surface area contributed by atoms with Crippen LogP contribution >= 0.6 is 0 Å². The van der Waals surface area contributed by atoms with Crippen LogP contribution in [0.2, 0.25) is 0 Å². The minimum absolute atomic E-state index is 0.110. The molecule has 0 aliphatic heterocycles. The molecule has 1 unspecified atom stereocenters. The van der Waals surface area contributed by atoms with E-state index in [1.807, 2.05) is 6.08 Å². The Morgan fingerprint density at radius 2 is 0.562 bits per heavy atom. The van der Waals surface area contributed by atoms with Crippen LogP contribution in [0.1, 0.15) is 265 Å². The summed E-state index contributed by atoms with van der Waals surface area (Å²) in [5, 5.41) is 0. The first kappa shape index (κ1) is 68.8. The molecule has 0 bridgehead atoms. The Labute approximate surface area is 450 Å². The fourth-order valence-corrected chi connectivity index (χ4v) is 8.05. The zero-order chi connectivity index (χ0) is 52.9. The molecule has 0 aliphatic rings. The number of hydrogen-bond acceptors (Lipinski definition) is 6. The summed E-state index contributed by atoms with van der Waals surface area (Å²) in [7, 11) is 0. The molecule has 1 atom stereocenters. The highest BCUT2D eigenvalue weighted by atomic mass is 16.6. The minimum Gasteiger partial charge on any atom is -0.462 e. The molecule has 0 heterocycles. The summed E-state index contributed by atoms with van der Waals surface area (Å²) in [4.78, 5) is 38.2. The number of carbonyl (C=O) groups excluding carboxylic acids is 3. The number of unbranched alkanes of at least 4 members (excludes halogenated alkanes) is 22. The molecule has 0 aliphatic carbocycles. The molecule has 0 amide bonds. The van der Waals surface area contributed by atoms with Crippen molar-refractivity contribution in [3.8, 4) is 0 Å². The Kier molecular flexibility index (Phi) is 56.9. The summed E-state index contributed by atoms with van der Waals surface area (Å²) in [5.74, 6) is -0.997. The number of rotatable bonds is 53. The first-order valence-electron chi connectivity index (χ1n) is 30.0. The molecule has 0 aromatic carbocycles. The van der Waals surface area contributed by atoms with Gasteiger partial charge in [-0.05, 0) is 96.3 Å². The Bertz CT molecular complexity index is 1540. The van der Waals surface area contributed by atoms with Gasteiger partial charge in [0.15, 0.2) is 6.10 Å². The quantitative estimate of drug-likeness (QED) is 0.0261. The maximum absolute atomic E-state index is 12.8. The van der Waals surface area contributed by atoms with Crippen LogP contribution in [0.15, 0.2) is 122 Å². The van der Waals surface area contributed by atoms with Crippen molar-refractivity contribution in [2.75, 3.05) is 13.2 Å². The molecule has 414 valence electrons. The highest BCUT2D eigenvalue weighted by molar-refractivity contribution is 5.71. The van der Waals surface area contributed by atoms with Crippen LogP contribution in [-0.4, -0.2) is 37.2 Å². The molecule has 0 aromatic heterocycles. The molecule has 73 heavy (non-hydrogen) atoms. The SMILES string of the molecule is CC/C=C\C/C=C\C/C=C\C/C=C\C/C=C\C/C=C\CCC(=O)OC(COC(=O)CCCCCCCCCCCC/C=C\C/C=C\C/C=C\C/C=C\CC)COC(=O)CCCCCCCCCCCCCCC. The summed E-state index contributed by atoms with van der Waals surface area (Å²) in [6, 6.07) is 0. The smallest absolute Gasteiger partial charge is 0.306 e. The van der Waals surface area contributed by atoms with Gasteiger partial charge < -0.3 is 14.2 Å². The second-order valence-electron chi connectivity index (χ2n) is 19.5. The normalized spacial score (nSPS) is 13.0. The number of carbonyl (C=O) groups is 3. The van der Waals surface area contributed by atoms with E-state index in [4.69, 9.17) is 14.2 Å². The Morgan fingerprint density at radius 1 is 0.288 bits per heavy atom. The van der Waals surface area contributed by atoms with Crippen LogP contribution < -0.4 is 0 Å². The van der Waals surface area contributed by atoms with E-state index < -0.39 is 12.1 Å². The van der Waals surface area contributed by atoms with Crippen LogP contribution in [0, 0.1) is 0 Å². The van der Waals surface area contributed by atoms with Gasteiger partial charge in [-0.2, -0.15) is 0 Å². The highest BCUT2D eigenvalue weighted by Gasteiger charge is 2.19. The summed E-state index contributed by atoms with van der Waals surface area (Å²) < 4.78 is 16.8. The summed E-state index contributed by atoms with van der Waals surface area (Å²) >= 11 is 0. The van der Waals surface area contributed by atoms with Crippen LogP contribution in [0.4, 0.5) is 0 Å². The molecule has 0 saturated heterocycles. The van der Waals surface area contributed by atoms with E-state index in [1.165, 1.54) is 116 Å². The summed E-state index contributed by atoms with van der Waals surface area (Å²) in [5.41, 5.74) is 0. The van der Waals surface area contributed by atoms with E-state index in [1.54, 1.807) is 0 Å². The number of hydrogen-bond donors (Lipinski definition) is 0. The molecule has 0 fully saturated rings. The van der Waals surface area contributed by atoms with E-state index in [9.17, 15) is 14.4 Å². The zero-order valence-electron chi connectivity index (χ0n) is 47.4. The number of allylic oxidation sites excluding steroid dienone is 20. The van der Waals surface area contributed by atoms with E-state index in [0.29, 0.717) is 19.3 Å². The maximum atomic E-state index is 12.8. The lowest BCUT2D eigenvalue weighted by molar-refractivity contribution is -0.166. The van der Waals surface area contributed by atoms with Gasteiger partial charge in [0.2, 0.25) is 0 Å². The molecule has 0 N–H and O–H groups in total. The minimum atomic E-state index is -0.822. The molecule has 6 nitrogen and oxygen atoms in total. The summed E-state index contributed by atoms with van der Waals surface area (Å²) in [6.45, 7) is 6.36. The second kappa shape index (κ2) is 60.4. The zero-order valence-corrected chi connectivity index (χ0v) is 47.4. The lowest BCUT2D eigenvalue weighted by Crippen LogP contribution is -2.30. The van der Waals surface area contributed by atoms with Crippen molar-refractivity contribution >= 4 is 17.9 Å². The van der Waals surface area contributed by atoms with Crippen molar-refractivity contribution in [2.24, 2.45) is 0 Å². The third-order valence-electron chi connectivity index (χ3n) is 12.5. The fourth-order valence-electron chi connectivity index (χ4n) is 8.05. The van der Waals surface area contributed by atoms with Crippen molar-refractivity contribution in [3.05, 3.63) is 122 Å². The Morgan fingerprint density at radius 3 is 0.890 bits per heavy atom. The van der Waals surface area contributed by atoms with Gasteiger partial charge in [-0.15, -0.1) is 0 Å². The topological polar surface area (TPSA) is 78.9 Å². The number of ether oxygens (including phenoxy) is 3. The van der Waals surface area contributed by atoms with E-state index in [0.717, 1.165) is 103 Å². The van der Waals surface area contributed by atoms with E-state index >= 15 is 0 Å². The van der Waals surface area contributed by atoms with Crippen molar-refractivity contribution in [2.45, 2.75) is 271 Å². The third-order valence-corrected chi connectivity index (χ3v) is 12.5. The van der Waals surface area contributed by atoms with Crippen molar-refractivity contribution in [1.29, 1.82) is 0 Å². The largest absolute Gasteiger partial charge is 0.462 e. The van der Waals surface area contributed by atoms with Crippen LogP contribution in [0.25, 0.3) is 0 Å². The van der Waals surface area contributed by atoms with Gasteiger partial charge in [0, 0.05) is 19.3 Å². The first-order valence-corrected chi connectivity index (χ1v) is 30.0. The van der Waals surface area contributed by atoms with Crippen molar-refractivity contribution < 1.29 is 28.6 Å². The first-order chi connectivity index (χ1) is 36.0. The molecular formula is C67H110O6. The Hall–Kier alpha value is -4.19. The van der Waals surface area contributed by atoms with Crippen LogP contribution in [0.5, 0.6) is 0 Å². The Balaban J connectivity index is 4.45. The second-order valence-corrected chi connectivity index (χ2v) is 19.5. The monoisotopic (exact) mass is 1010 g/mol. The summed E-state index contributed by atoms with van der Waals surface area (Å²) in [6.07, 6.45) is 83.5. The van der Waals surface area contributed by atoms with Gasteiger partial charge in [0.25, 0.3) is 0 Å².